The fourth-order valence-corrected chi connectivity index (χ4v) is 8.79. The summed E-state index contributed by atoms with van der Waals surface area (Å²) in [5.74, 6) is 0.189. The molecule has 4 aliphatic rings. The van der Waals surface area contributed by atoms with Gasteiger partial charge in [0.15, 0.2) is 0 Å². The summed E-state index contributed by atoms with van der Waals surface area (Å²) >= 11 is 0. The molecule has 49 heavy (non-hydrogen) atoms. The van der Waals surface area contributed by atoms with Crippen LogP contribution in [-0.2, 0) is 15.0 Å². The molecule has 0 N–H and O–H groups in total. The van der Waals surface area contributed by atoms with Gasteiger partial charge in [0.25, 0.3) is 0 Å². The summed E-state index contributed by atoms with van der Waals surface area (Å²) in [6, 6.07) is 49.7. The number of rotatable bonds is 6. The van der Waals surface area contributed by atoms with E-state index in [0.29, 0.717) is 11.5 Å². The van der Waals surface area contributed by atoms with E-state index in [4.69, 9.17) is 9.47 Å². The van der Waals surface area contributed by atoms with Crippen molar-refractivity contribution < 1.29 is 19.1 Å². The third-order valence-corrected chi connectivity index (χ3v) is 10.7. The lowest BCUT2D eigenvalue weighted by Crippen LogP contribution is -2.38. The predicted molar refractivity (Wildman–Crippen MR) is 190 cm³/mol. The van der Waals surface area contributed by atoms with Crippen LogP contribution in [0.25, 0.3) is 11.1 Å². The van der Waals surface area contributed by atoms with E-state index in [1.54, 1.807) is 0 Å². The molecule has 0 spiro atoms. The number of benzene rings is 6. The minimum Gasteiger partial charge on any atom is -0.426 e. The molecule has 0 amide bonds. The Labute approximate surface area is 285 Å². The van der Waals surface area contributed by atoms with Gasteiger partial charge in [-0.05, 0) is 86.3 Å². The summed E-state index contributed by atoms with van der Waals surface area (Å²) in [6.45, 7) is 3.51. The van der Waals surface area contributed by atoms with Crippen LogP contribution in [0.5, 0.6) is 11.5 Å². The number of carbonyl (C=O) groups excluding carboxylic acids is 2. The molecule has 236 valence electrons. The fourth-order valence-electron chi connectivity index (χ4n) is 8.79. The van der Waals surface area contributed by atoms with Gasteiger partial charge in [0.1, 0.15) is 11.5 Å². The molecule has 10 rings (SSSR count). The SMILES string of the molecule is C=CC(=O)Oc1ccc(C2(c3ccc(OC(=O)C4CC5c6ccccc6C4c4ccccc45)cc3)c3ccccc3-c3ccccc32)cc1. The summed E-state index contributed by atoms with van der Waals surface area (Å²) in [5, 5.41) is 0. The standard InChI is InChI=1S/C45H32O4/c1-2-42(46)48-30-23-19-28(20-24-30)45(40-17-9-7-13-34(40)35-14-8-10-18-41(35)45)29-21-25-31(26-22-29)49-44(47)39-27-38-32-11-3-5-15-36(32)43(39)37-16-6-4-12-33(37)38/h2-26,38-39,43H,1,27H2. The van der Waals surface area contributed by atoms with Crippen molar-refractivity contribution in [3.05, 3.63) is 203 Å². The van der Waals surface area contributed by atoms with Crippen molar-refractivity contribution in [2.75, 3.05) is 0 Å². The van der Waals surface area contributed by atoms with Gasteiger partial charge in [0.05, 0.1) is 11.3 Å². The van der Waals surface area contributed by atoms with Crippen LogP contribution in [0, 0.1) is 5.92 Å². The number of carbonyl (C=O) groups is 2. The van der Waals surface area contributed by atoms with Crippen LogP contribution in [0.15, 0.2) is 158 Å². The van der Waals surface area contributed by atoms with Crippen LogP contribution in [-0.4, -0.2) is 11.9 Å². The highest BCUT2D eigenvalue weighted by molar-refractivity contribution is 5.87. The van der Waals surface area contributed by atoms with Gasteiger partial charge in [-0.2, -0.15) is 0 Å². The number of hydrogen-bond acceptors (Lipinski definition) is 4. The van der Waals surface area contributed by atoms with Gasteiger partial charge in [-0.25, -0.2) is 4.79 Å². The lowest BCUT2D eigenvalue weighted by atomic mass is 9.59. The lowest BCUT2D eigenvalue weighted by molar-refractivity contribution is -0.140. The molecule has 0 fully saturated rings. The zero-order valence-corrected chi connectivity index (χ0v) is 26.7. The van der Waals surface area contributed by atoms with E-state index < -0.39 is 11.4 Å². The first-order valence-electron chi connectivity index (χ1n) is 16.7. The normalized spacial score (nSPS) is 18.7. The van der Waals surface area contributed by atoms with Gasteiger partial charge in [0.2, 0.25) is 0 Å². The van der Waals surface area contributed by atoms with Gasteiger partial charge in [-0.15, -0.1) is 0 Å². The fraction of sp³-hybridized carbons (Fsp3) is 0.111. The highest BCUT2D eigenvalue weighted by Gasteiger charge is 2.48. The Morgan fingerprint density at radius 3 is 1.53 bits per heavy atom. The number of ether oxygens (including phenoxy) is 2. The molecule has 0 aliphatic heterocycles. The molecule has 4 heteroatoms. The zero-order chi connectivity index (χ0) is 33.1. The highest BCUT2D eigenvalue weighted by atomic mass is 16.5. The van der Waals surface area contributed by atoms with Crippen molar-refractivity contribution in [1.29, 1.82) is 0 Å². The topological polar surface area (TPSA) is 52.6 Å². The van der Waals surface area contributed by atoms with Crippen molar-refractivity contribution in [2.45, 2.75) is 23.7 Å². The van der Waals surface area contributed by atoms with Gasteiger partial charge in [-0.1, -0.05) is 128 Å². The molecule has 2 bridgehead atoms. The largest absolute Gasteiger partial charge is 0.426 e. The number of fused-ring (bicyclic) bond motifs is 4. The second-order valence-corrected chi connectivity index (χ2v) is 13.1. The number of esters is 2. The van der Waals surface area contributed by atoms with Gasteiger partial charge in [0, 0.05) is 17.9 Å². The molecule has 4 nitrogen and oxygen atoms in total. The first-order chi connectivity index (χ1) is 24.1. The molecule has 0 aromatic heterocycles. The van der Waals surface area contributed by atoms with Gasteiger partial charge >= 0.3 is 11.9 Å². The van der Waals surface area contributed by atoms with E-state index in [-0.39, 0.29) is 23.7 Å². The second-order valence-electron chi connectivity index (χ2n) is 13.1. The second kappa shape index (κ2) is 11.3. The molecule has 1 atom stereocenters. The summed E-state index contributed by atoms with van der Waals surface area (Å²) in [5.41, 5.74) is 11.2. The van der Waals surface area contributed by atoms with E-state index in [1.165, 1.54) is 33.4 Å². The van der Waals surface area contributed by atoms with E-state index in [0.717, 1.165) is 34.8 Å². The summed E-state index contributed by atoms with van der Waals surface area (Å²) in [7, 11) is 0. The van der Waals surface area contributed by atoms with Crippen molar-refractivity contribution >= 4 is 11.9 Å². The Morgan fingerprint density at radius 1 is 0.571 bits per heavy atom. The maximum absolute atomic E-state index is 14.0. The zero-order valence-electron chi connectivity index (χ0n) is 26.7. The van der Waals surface area contributed by atoms with Crippen molar-refractivity contribution in [3.8, 4) is 22.6 Å². The molecule has 0 radical (unpaired) electrons. The average Bonchev–Trinajstić information content (AvgIpc) is 3.46. The van der Waals surface area contributed by atoms with E-state index in [9.17, 15) is 9.59 Å². The maximum atomic E-state index is 14.0. The molecule has 0 saturated carbocycles. The third kappa shape index (κ3) is 4.37. The lowest BCUT2D eigenvalue weighted by Gasteiger charge is -2.44. The minimum atomic E-state index is -0.646. The van der Waals surface area contributed by atoms with Gasteiger partial charge < -0.3 is 9.47 Å². The predicted octanol–water partition coefficient (Wildman–Crippen LogP) is 9.34. The van der Waals surface area contributed by atoms with Gasteiger partial charge in [-0.3, -0.25) is 4.79 Å². The molecule has 6 aromatic carbocycles. The van der Waals surface area contributed by atoms with Crippen LogP contribution in [0.2, 0.25) is 0 Å². The summed E-state index contributed by atoms with van der Waals surface area (Å²) in [4.78, 5) is 25.9. The molecule has 0 heterocycles. The minimum absolute atomic E-state index is 0.0207. The van der Waals surface area contributed by atoms with E-state index in [2.05, 4.69) is 116 Å². The molecule has 4 aliphatic carbocycles. The Kier molecular flexibility index (Phi) is 6.73. The quantitative estimate of drug-likeness (QED) is 0.104. The maximum Gasteiger partial charge on any atom is 0.335 e. The monoisotopic (exact) mass is 636 g/mol. The smallest absolute Gasteiger partial charge is 0.335 e. The van der Waals surface area contributed by atoms with Crippen LogP contribution in [0.1, 0.15) is 62.8 Å². The first kappa shape index (κ1) is 29.2. The van der Waals surface area contributed by atoms with E-state index in [1.807, 2.05) is 36.4 Å². The Morgan fingerprint density at radius 2 is 1.02 bits per heavy atom. The molecule has 0 saturated heterocycles. The average molecular weight is 637 g/mol. The molecule has 6 aromatic rings. The number of hydrogen-bond donors (Lipinski definition) is 0. The van der Waals surface area contributed by atoms with Crippen LogP contribution in [0.3, 0.4) is 0 Å². The van der Waals surface area contributed by atoms with Crippen LogP contribution < -0.4 is 9.47 Å². The Balaban J connectivity index is 1.09. The molecule has 1 unspecified atom stereocenters. The first-order valence-corrected chi connectivity index (χ1v) is 16.7. The Hall–Kier alpha value is -6.00. The van der Waals surface area contributed by atoms with Crippen molar-refractivity contribution in [3.63, 3.8) is 0 Å². The van der Waals surface area contributed by atoms with Crippen molar-refractivity contribution in [1.82, 2.24) is 0 Å². The highest BCUT2D eigenvalue weighted by Crippen LogP contribution is 2.57. The van der Waals surface area contributed by atoms with Crippen molar-refractivity contribution in [2.24, 2.45) is 5.92 Å². The molecular formula is C45H32O4. The summed E-state index contributed by atoms with van der Waals surface area (Å²) < 4.78 is 11.6. The van der Waals surface area contributed by atoms with E-state index >= 15 is 0 Å². The molecular weight excluding hydrogens is 604 g/mol. The van der Waals surface area contributed by atoms with Crippen LogP contribution >= 0.6 is 0 Å². The summed E-state index contributed by atoms with van der Waals surface area (Å²) in [6.07, 6.45) is 1.90. The third-order valence-electron chi connectivity index (χ3n) is 10.7. The van der Waals surface area contributed by atoms with Crippen LogP contribution in [0.4, 0.5) is 0 Å². The Bertz CT molecular complexity index is 2190.